The molecule has 1 fully saturated rings. The first-order valence-electron chi connectivity index (χ1n) is 8.79. The minimum absolute atomic E-state index is 0.0931. The molecule has 2 N–H and O–H groups in total. The number of aromatic nitrogens is 2. The van der Waals surface area contributed by atoms with Gasteiger partial charge in [-0.05, 0) is 13.8 Å². The van der Waals surface area contributed by atoms with Crippen LogP contribution in [0.5, 0.6) is 0 Å². The number of amides is 2. The monoisotopic (exact) mass is 392 g/mol. The van der Waals surface area contributed by atoms with Gasteiger partial charge in [0, 0.05) is 33.3 Å². The van der Waals surface area contributed by atoms with E-state index in [-0.39, 0.29) is 24.3 Å². The van der Waals surface area contributed by atoms with Crippen molar-refractivity contribution in [3.05, 3.63) is 17.5 Å². The van der Waals surface area contributed by atoms with Crippen molar-refractivity contribution in [3.63, 3.8) is 0 Å². The number of fused-ring (bicyclic) bond motifs is 4. The lowest BCUT2D eigenvalue weighted by Gasteiger charge is -2.32. The number of hydroxylamine groups is 1. The molecule has 0 aliphatic carbocycles. The molecule has 1 saturated heterocycles. The van der Waals surface area contributed by atoms with E-state index in [1.165, 1.54) is 20.9 Å². The van der Waals surface area contributed by atoms with E-state index in [4.69, 9.17) is 9.94 Å². The highest BCUT2D eigenvalue weighted by Gasteiger charge is 2.49. The molecule has 3 rings (SSSR count). The molecule has 152 valence electrons. The number of rotatable bonds is 4. The van der Waals surface area contributed by atoms with Crippen LogP contribution in [0.25, 0.3) is 0 Å². The SMILES string of the molecule is CN=C(NOC(=O)CC(C)(C)C(=O)O)[C@@H]1c2c(cnn2C)[C@@H]2CN1C(=O)N2C. The van der Waals surface area contributed by atoms with Gasteiger partial charge in [0.2, 0.25) is 0 Å². The fraction of sp³-hybridized carbons (Fsp3) is 0.588. The van der Waals surface area contributed by atoms with Crippen LogP contribution in [0.3, 0.4) is 0 Å². The summed E-state index contributed by atoms with van der Waals surface area (Å²) in [6, 6.07) is -0.849. The largest absolute Gasteiger partial charge is 0.481 e. The summed E-state index contributed by atoms with van der Waals surface area (Å²) >= 11 is 0. The van der Waals surface area contributed by atoms with Crippen LogP contribution < -0.4 is 5.48 Å². The van der Waals surface area contributed by atoms with Crippen LogP contribution >= 0.6 is 0 Å². The number of amidine groups is 1. The molecule has 2 aliphatic heterocycles. The molecule has 11 heteroatoms. The molecule has 1 aromatic rings. The van der Waals surface area contributed by atoms with Crippen molar-refractivity contribution in [3.8, 4) is 0 Å². The number of aryl methyl sites for hydroxylation is 1. The highest BCUT2D eigenvalue weighted by atomic mass is 16.7. The van der Waals surface area contributed by atoms with Crippen molar-refractivity contribution in [1.82, 2.24) is 25.1 Å². The number of hydrogen-bond acceptors (Lipinski definition) is 6. The van der Waals surface area contributed by atoms with Gasteiger partial charge in [0.1, 0.15) is 6.04 Å². The predicted octanol–water partition coefficient (Wildman–Crippen LogP) is 0.460. The Hall–Kier alpha value is -3.11. The first kappa shape index (κ1) is 19.6. The van der Waals surface area contributed by atoms with E-state index < -0.39 is 23.4 Å². The molecule has 28 heavy (non-hydrogen) atoms. The number of likely N-dealkylation sites (N-methyl/N-ethyl adjacent to an activating group) is 1. The summed E-state index contributed by atoms with van der Waals surface area (Å²) in [5.41, 5.74) is 2.97. The van der Waals surface area contributed by atoms with E-state index in [0.29, 0.717) is 6.54 Å². The molecule has 11 nitrogen and oxygen atoms in total. The Balaban J connectivity index is 1.81. The highest BCUT2D eigenvalue weighted by Crippen LogP contribution is 2.43. The second kappa shape index (κ2) is 6.80. The summed E-state index contributed by atoms with van der Waals surface area (Å²) in [5.74, 6) is -1.58. The van der Waals surface area contributed by atoms with Gasteiger partial charge in [-0.15, -0.1) is 0 Å². The van der Waals surface area contributed by atoms with Crippen LogP contribution in [0.2, 0.25) is 0 Å². The van der Waals surface area contributed by atoms with Crippen LogP contribution in [0.1, 0.15) is 43.6 Å². The van der Waals surface area contributed by atoms with E-state index in [1.54, 1.807) is 34.8 Å². The molecule has 3 heterocycles. The number of carboxylic acid groups (broad SMARTS) is 1. The second-order valence-corrected chi connectivity index (χ2v) is 7.62. The first-order valence-corrected chi connectivity index (χ1v) is 8.79. The fourth-order valence-corrected chi connectivity index (χ4v) is 3.53. The van der Waals surface area contributed by atoms with Gasteiger partial charge in [-0.1, -0.05) is 0 Å². The number of hydrogen-bond donors (Lipinski definition) is 2. The summed E-state index contributed by atoms with van der Waals surface area (Å²) in [6.45, 7) is 3.35. The van der Waals surface area contributed by atoms with Gasteiger partial charge >= 0.3 is 18.0 Å². The molecule has 2 bridgehead atoms. The minimum atomic E-state index is -1.26. The molecule has 0 radical (unpaired) electrons. The lowest BCUT2D eigenvalue weighted by molar-refractivity contribution is -0.158. The van der Waals surface area contributed by atoms with Gasteiger partial charge in [-0.3, -0.25) is 14.5 Å². The van der Waals surface area contributed by atoms with Gasteiger partial charge in [-0.25, -0.2) is 15.1 Å². The summed E-state index contributed by atoms with van der Waals surface area (Å²) in [5, 5.41) is 13.5. The van der Waals surface area contributed by atoms with Crippen LogP contribution in [-0.4, -0.2) is 69.1 Å². The average molecular weight is 392 g/mol. The third-order valence-electron chi connectivity index (χ3n) is 5.26. The Morgan fingerprint density at radius 2 is 2.11 bits per heavy atom. The minimum Gasteiger partial charge on any atom is -0.481 e. The van der Waals surface area contributed by atoms with Crippen molar-refractivity contribution in [1.29, 1.82) is 0 Å². The number of nitrogens with one attached hydrogen (secondary N) is 1. The number of urea groups is 1. The van der Waals surface area contributed by atoms with Crippen molar-refractivity contribution in [2.45, 2.75) is 32.4 Å². The van der Waals surface area contributed by atoms with Gasteiger partial charge in [-0.2, -0.15) is 5.10 Å². The molecule has 2 aliphatic rings. The summed E-state index contributed by atoms with van der Waals surface area (Å²) < 4.78 is 1.67. The van der Waals surface area contributed by atoms with E-state index >= 15 is 0 Å². The number of carbonyl (C=O) groups is 3. The zero-order valence-electron chi connectivity index (χ0n) is 16.5. The molecule has 1 aromatic heterocycles. The fourth-order valence-electron chi connectivity index (χ4n) is 3.53. The molecular weight excluding hydrogens is 368 g/mol. The Morgan fingerprint density at radius 1 is 1.43 bits per heavy atom. The third kappa shape index (κ3) is 3.06. The number of aliphatic imine (C=N–C) groups is 1. The number of nitrogens with zero attached hydrogens (tertiary/aromatic N) is 5. The van der Waals surface area contributed by atoms with E-state index in [0.717, 1.165) is 11.3 Å². The van der Waals surface area contributed by atoms with Crippen molar-refractivity contribution < 1.29 is 24.3 Å². The van der Waals surface area contributed by atoms with Gasteiger partial charge in [0.25, 0.3) is 0 Å². The molecule has 2 amide bonds. The third-order valence-corrected chi connectivity index (χ3v) is 5.26. The Labute approximate surface area is 161 Å². The molecule has 0 aromatic carbocycles. The maximum Gasteiger partial charge on any atom is 0.333 e. The van der Waals surface area contributed by atoms with Crippen molar-refractivity contribution in [2.75, 3.05) is 20.6 Å². The van der Waals surface area contributed by atoms with E-state index in [1.807, 2.05) is 0 Å². The first-order chi connectivity index (χ1) is 13.1. The van der Waals surface area contributed by atoms with Crippen molar-refractivity contribution >= 4 is 23.8 Å². The number of carbonyl (C=O) groups excluding carboxylic acids is 2. The highest BCUT2D eigenvalue weighted by molar-refractivity contribution is 5.94. The number of carboxylic acids is 1. The Bertz CT molecular complexity index is 860. The Morgan fingerprint density at radius 3 is 2.71 bits per heavy atom. The molecule has 0 saturated carbocycles. The van der Waals surface area contributed by atoms with Gasteiger partial charge < -0.3 is 19.7 Å². The summed E-state index contributed by atoms with van der Waals surface area (Å²) in [4.78, 5) is 48.5. The van der Waals surface area contributed by atoms with Crippen LogP contribution in [-0.2, 0) is 21.5 Å². The molecular formula is C17H24N6O5. The molecule has 0 unspecified atom stereocenters. The van der Waals surface area contributed by atoms with E-state index in [2.05, 4.69) is 15.6 Å². The quantitative estimate of drug-likeness (QED) is 0.432. The summed E-state index contributed by atoms with van der Waals surface area (Å²) in [6.07, 6.45) is 1.41. The molecule has 0 spiro atoms. The smallest absolute Gasteiger partial charge is 0.333 e. The average Bonchev–Trinajstić information content (AvgIpc) is 3.12. The molecule has 2 atom stereocenters. The maximum absolute atomic E-state index is 12.7. The van der Waals surface area contributed by atoms with Crippen LogP contribution in [0, 0.1) is 5.41 Å². The standard InChI is InChI=1S/C17H24N6O5/c1-17(2,15(25)26)6-11(24)28-20-14(18-3)13-12-9(7-19-22(12)5)10-8-23(13)16(27)21(10)4/h7,10,13H,6,8H2,1-5H3,(H,18,20)(H,25,26)/t10-,13-/m0/s1. The van der Waals surface area contributed by atoms with Crippen LogP contribution in [0.4, 0.5) is 4.79 Å². The normalized spacial score (nSPS) is 21.6. The Kier molecular flexibility index (Phi) is 4.77. The lowest BCUT2D eigenvalue weighted by Crippen LogP contribution is -2.45. The zero-order chi connectivity index (χ0) is 20.8. The lowest BCUT2D eigenvalue weighted by atomic mass is 9.90. The van der Waals surface area contributed by atoms with Gasteiger partial charge in [0.05, 0.1) is 29.8 Å². The zero-order valence-corrected chi connectivity index (χ0v) is 16.5. The van der Waals surface area contributed by atoms with E-state index in [9.17, 15) is 14.4 Å². The van der Waals surface area contributed by atoms with Gasteiger partial charge in [0.15, 0.2) is 5.84 Å². The number of aliphatic carboxylic acids is 1. The van der Waals surface area contributed by atoms with Crippen LogP contribution in [0.15, 0.2) is 11.2 Å². The summed E-state index contributed by atoms with van der Waals surface area (Å²) in [7, 11) is 5.02. The second-order valence-electron chi connectivity index (χ2n) is 7.62. The van der Waals surface area contributed by atoms with Crippen molar-refractivity contribution in [2.24, 2.45) is 17.5 Å². The predicted molar refractivity (Wildman–Crippen MR) is 97.2 cm³/mol. The maximum atomic E-state index is 12.7. The topological polar surface area (TPSA) is 129 Å².